The molecule has 1 amide bonds. The maximum Gasteiger partial charge on any atom is 0.275 e. The van der Waals surface area contributed by atoms with Gasteiger partial charge in [-0.1, -0.05) is 18.5 Å². The molecule has 3 aliphatic rings. The minimum absolute atomic E-state index is 0.0570. The number of aryl methyl sites for hydroxylation is 1. The van der Waals surface area contributed by atoms with Gasteiger partial charge in [-0.25, -0.2) is 4.98 Å². The fourth-order valence-corrected chi connectivity index (χ4v) is 5.21. The lowest BCUT2D eigenvalue weighted by molar-refractivity contribution is 0.0222. The number of aromatic nitrogens is 3. The summed E-state index contributed by atoms with van der Waals surface area (Å²) in [6.07, 6.45) is 4.61. The van der Waals surface area contributed by atoms with Crippen molar-refractivity contribution in [2.75, 3.05) is 13.6 Å². The van der Waals surface area contributed by atoms with E-state index in [0.29, 0.717) is 35.8 Å². The van der Waals surface area contributed by atoms with Crippen LogP contribution in [0.3, 0.4) is 0 Å². The molecule has 1 saturated carbocycles. The lowest BCUT2D eigenvalue weighted by Crippen LogP contribution is -2.42. The van der Waals surface area contributed by atoms with Gasteiger partial charge in [-0.15, -0.1) is 0 Å². The molecule has 6 rings (SSSR count). The molecule has 4 heterocycles. The number of halogens is 1. The number of carbonyl (C=O) groups excluding carboxylic acids is 1. The Bertz CT molecular complexity index is 1360. The molecule has 0 N–H and O–H groups in total. The second kappa shape index (κ2) is 7.73. The van der Waals surface area contributed by atoms with Crippen molar-refractivity contribution in [2.45, 2.75) is 52.2 Å². The molecule has 0 saturated heterocycles. The third-order valence-corrected chi connectivity index (χ3v) is 7.93. The lowest BCUT2D eigenvalue weighted by atomic mass is 9.83. The standard InChI is InChI=1S/C13H15ClO.C13H14N4O2/c1-12(2)13(3)7-10(13)9-6-8(14)4-5-11(9)15-12;1-9-7-16(8-14-9)10-3-4-11-12(18)15(2)5-6-17(11)13(10)19/h4-6,10H,7H2,1-3H3;3-4,7-8H,5-6H2,1-2H3/t10?,13-;/m0./s1. The molecule has 178 valence electrons. The van der Waals surface area contributed by atoms with E-state index in [1.165, 1.54) is 16.6 Å². The average molecular weight is 481 g/mol. The van der Waals surface area contributed by atoms with Gasteiger partial charge >= 0.3 is 0 Å². The highest BCUT2D eigenvalue weighted by Crippen LogP contribution is 2.69. The van der Waals surface area contributed by atoms with Crippen LogP contribution in [0.15, 0.2) is 47.7 Å². The van der Waals surface area contributed by atoms with Crippen molar-refractivity contribution in [3.63, 3.8) is 0 Å². The highest BCUT2D eigenvalue weighted by molar-refractivity contribution is 6.30. The minimum Gasteiger partial charge on any atom is -0.487 e. The first kappa shape index (κ1) is 22.7. The van der Waals surface area contributed by atoms with Crippen molar-refractivity contribution in [1.82, 2.24) is 19.0 Å². The zero-order valence-electron chi connectivity index (χ0n) is 20.1. The average Bonchev–Trinajstić information content (AvgIpc) is 3.33. The van der Waals surface area contributed by atoms with Gasteiger partial charge in [0.1, 0.15) is 22.7 Å². The molecular weight excluding hydrogens is 452 g/mol. The first-order valence-electron chi connectivity index (χ1n) is 11.5. The quantitative estimate of drug-likeness (QED) is 0.516. The summed E-state index contributed by atoms with van der Waals surface area (Å²) in [5.41, 5.74) is 3.18. The Balaban J connectivity index is 0.000000145. The van der Waals surface area contributed by atoms with Crippen LogP contribution in [0.4, 0.5) is 0 Å². The zero-order chi connectivity index (χ0) is 24.4. The first-order chi connectivity index (χ1) is 16.0. The molecule has 2 aliphatic heterocycles. The molecule has 3 aromatic rings. The van der Waals surface area contributed by atoms with Crippen molar-refractivity contribution in [3.05, 3.63) is 75.2 Å². The SMILES string of the molecule is CC1(C)Oc2ccc(Cl)cc2C2C[C@@]21C.Cc1cn(-c2ccc3n(c2=O)CCN(C)C3=O)cn1. The largest absolute Gasteiger partial charge is 0.487 e. The summed E-state index contributed by atoms with van der Waals surface area (Å²) in [4.78, 5) is 30.1. The van der Waals surface area contributed by atoms with Crippen molar-refractivity contribution in [2.24, 2.45) is 5.41 Å². The molecule has 0 radical (unpaired) electrons. The number of fused-ring (bicyclic) bond motifs is 4. The Morgan fingerprint density at radius 3 is 2.59 bits per heavy atom. The van der Waals surface area contributed by atoms with Gasteiger partial charge in [0, 0.05) is 36.8 Å². The van der Waals surface area contributed by atoms with Crippen molar-refractivity contribution < 1.29 is 9.53 Å². The van der Waals surface area contributed by atoms with Gasteiger partial charge in [0.05, 0.1) is 12.0 Å². The Hall–Kier alpha value is -3.06. The third kappa shape index (κ3) is 3.54. The third-order valence-electron chi connectivity index (χ3n) is 7.69. The Labute approximate surface area is 203 Å². The molecule has 34 heavy (non-hydrogen) atoms. The Morgan fingerprint density at radius 1 is 1.12 bits per heavy atom. The van der Waals surface area contributed by atoms with Gasteiger partial charge in [-0.2, -0.15) is 0 Å². The first-order valence-corrected chi connectivity index (χ1v) is 11.9. The van der Waals surface area contributed by atoms with Gasteiger partial charge in [-0.05, 0) is 69.0 Å². The van der Waals surface area contributed by atoms with E-state index in [0.717, 1.165) is 16.5 Å². The maximum absolute atomic E-state index is 12.4. The van der Waals surface area contributed by atoms with E-state index >= 15 is 0 Å². The molecule has 2 atom stereocenters. The highest BCUT2D eigenvalue weighted by Gasteiger charge is 2.64. The summed E-state index contributed by atoms with van der Waals surface area (Å²) >= 11 is 6.02. The number of hydrogen-bond donors (Lipinski definition) is 0. The monoisotopic (exact) mass is 480 g/mol. The fourth-order valence-electron chi connectivity index (χ4n) is 5.03. The minimum atomic E-state index is -0.156. The summed E-state index contributed by atoms with van der Waals surface area (Å²) in [5.74, 6) is 1.54. The van der Waals surface area contributed by atoms with Crippen LogP contribution < -0.4 is 10.3 Å². The van der Waals surface area contributed by atoms with E-state index in [1.54, 1.807) is 41.2 Å². The number of imidazole rings is 1. The molecule has 1 unspecified atom stereocenters. The predicted octanol–water partition coefficient (Wildman–Crippen LogP) is 4.43. The second-order valence-electron chi connectivity index (χ2n) is 10.2. The summed E-state index contributed by atoms with van der Waals surface area (Å²) in [6.45, 7) is 9.62. The van der Waals surface area contributed by atoms with Crippen LogP contribution in [-0.2, 0) is 6.54 Å². The van der Waals surface area contributed by atoms with Crippen LogP contribution in [0.2, 0.25) is 5.02 Å². The number of benzene rings is 1. The smallest absolute Gasteiger partial charge is 0.275 e. The van der Waals surface area contributed by atoms with Crippen molar-refractivity contribution in [1.29, 1.82) is 0 Å². The number of hydrogen-bond acceptors (Lipinski definition) is 4. The highest BCUT2D eigenvalue weighted by atomic mass is 35.5. The van der Waals surface area contributed by atoms with E-state index in [9.17, 15) is 9.59 Å². The van der Waals surface area contributed by atoms with Crippen LogP contribution in [0.1, 0.15) is 54.9 Å². The van der Waals surface area contributed by atoms with Crippen LogP contribution in [0, 0.1) is 12.3 Å². The molecule has 0 spiro atoms. The number of pyridine rings is 1. The molecule has 8 heteroatoms. The Kier molecular flexibility index (Phi) is 5.17. The van der Waals surface area contributed by atoms with Gasteiger partial charge in [0.2, 0.25) is 0 Å². The number of amides is 1. The predicted molar refractivity (Wildman–Crippen MR) is 131 cm³/mol. The van der Waals surface area contributed by atoms with E-state index in [4.69, 9.17) is 16.3 Å². The van der Waals surface area contributed by atoms with Crippen LogP contribution in [-0.4, -0.2) is 44.1 Å². The molecule has 1 aromatic carbocycles. The van der Waals surface area contributed by atoms with Gasteiger partial charge < -0.3 is 18.8 Å². The number of ether oxygens (including phenoxy) is 1. The summed E-state index contributed by atoms with van der Waals surface area (Å²) in [6, 6.07) is 9.33. The fraction of sp³-hybridized carbons (Fsp3) is 0.423. The molecule has 0 bridgehead atoms. The summed E-state index contributed by atoms with van der Waals surface area (Å²) < 4.78 is 9.30. The van der Waals surface area contributed by atoms with E-state index in [1.807, 2.05) is 19.1 Å². The molecule has 2 aromatic heterocycles. The summed E-state index contributed by atoms with van der Waals surface area (Å²) in [7, 11) is 1.74. The van der Waals surface area contributed by atoms with Crippen molar-refractivity contribution >= 4 is 17.5 Å². The number of rotatable bonds is 1. The number of nitrogens with zero attached hydrogens (tertiary/aromatic N) is 4. The van der Waals surface area contributed by atoms with E-state index < -0.39 is 0 Å². The van der Waals surface area contributed by atoms with Gasteiger partial charge in [-0.3, -0.25) is 9.59 Å². The van der Waals surface area contributed by atoms with Crippen LogP contribution in [0.25, 0.3) is 5.69 Å². The van der Waals surface area contributed by atoms with Gasteiger partial charge in [0.15, 0.2) is 0 Å². The lowest BCUT2D eigenvalue weighted by Gasteiger charge is -2.38. The molecular formula is C26H29ClN4O3. The van der Waals surface area contributed by atoms with Crippen molar-refractivity contribution in [3.8, 4) is 11.4 Å². The topological polar surface area (TPSA) is 69.4 Å². The zero-order valence-corrected chi connectivity index (χ0v) is 20.9. The second-order valence-corrected chi connectivity index (χ2v) is 10.6. The normalized spacial score (nSPS) is 23.6. The Morgan fingerprint density at radius 2 is 1.88 bits per heavy atom. The van der Waals surface area contributed by atoms with E-state index in [-0.39, 0.29) is 17.1 Å². The number of carbonyl (C=O) groups is 1. The molecule has 1 aliphatic carbocycles. The van der Waals surface area contributed by atoms with E-state index in [2.05, 4.69) is 31.8 Å². The number of likely N-dealkylation sites (N-methyl/N-ethyl adjacent to an activating group) is 1. The van der Waals surface area contributed by atoms with Crippen LogP contribution in [0.5, 0.6) is 5.75 Å². The molecule has 7 nitrogen and oxygen atoms in total. The molecule has 1 fully saturated rings. The maximum atomic E-state index is 12.4. The van der Waals surface area contributed by atoms with Crippen LogP contribution >= 0.6 is 11.6 Å². The van der Waals surface area contributed by atoms with Gasteiger partial charge in [0.25, 0.3) is 11.5 Å². The summed E-state index contributed by atoms with van der Waals surface area (Å²) in [5, 5.41) is 0.811.